The topological polar surface area (TPSA) is 80.5 Å². The number of carbonyl (C=O) groups excluding carboxylic acids is 2. The molecule has 0 radical (unpaired) electrons. The number of ether oxygens (including phenoxy) is 2. The molecule has 1 aromatic rings. The van der Waals surface area contributed by atoms with E-state index < -0.39 is 17.7 Å². The van der Waals surface area contributed by atoms with E-state index in [1.165, 1.54) is 11.8 Å². The van der Waals surface area contributed by atoms with Crippen molar-refractivity contribution in [1.82, 2.24) is 4.90 Å². The summed E-state index contributed by atoms with van der Waals surface area (Å²) in [7, 11) is 1.55. The molecule has 2 heterocycles. The standard InChI is InChI=1S/C19H24N2O5/c1-13(22)16-17(14-5-3-4-6-15(14)25-2)21(19(24)18(16)23)8-7-20-9-11-26-12-10-20/h3-6,17,23H,7-12H2,1-2H3/p+1/t17-/m1/s1. The molecule has 3 rings (SSSR count). The maximum absolute atomic E-state index is 12.7. The highest BCUT2D eigenvalue weighted by molar-refractivity contribution is 6.08. The van der Waals surface area contributed by atoms with Crippen LogP contribution in [0.3, 0.4) is 0 Å². The molecule has 1 aromatic carbocycles. The monoisotopic (exact) mass is 361 g/mol. The fraction of sp³-hybridized carbons (Fsp3) is 0.474. The van der Waals surface area contributed by atoms with E-state index in [4.69, 9.17) is 9.47 Å². The number of amides is 1. The van der Waals surface area contributed by atoms with Crippen LogP contribution in [0.2, 0.25) is 0 Å². The minimum absolute atomic E-state index is 0.136. The Morgan fingerprint density at radius 1 is 1.35 bits per heavy atom. The Bertz CT molecular complexity index is 724. The molecule has 7 heteroatoms. The number of para-hydroxylation sites is 1. The van der Waals surface area contributed by atoms with Gasteiger partial charge in [0.2, 0.25) is 0 Å². The summed E-state index contributed by atoms with van der Waals surface area (Å²) in [5, 5.41) is 10.3. The second-order valence-corrected chi connectivity index (χ2v) is 6.57. The number of hydrogen-bond acceptors (Lipinski definition) is 5. The molecule has 1 amide bonds. The van der Waals surface area contributed by atoms with Gasteiger partial charge in [-0.05, 0) is 13.0 Å². The van der Waals surface area contributed by atoms with Crippen molar-refractivity contribution in [2.45, 2.75) is 13.0 Å². The van der Waals surface area contributed by atoms with Gasteiger partial charge in [0.1, 0.15) is 18.8 Å². The Morgan fingerprint density at radius 2 is 2.04 bits per heavy atom. The lowest BCUT2D eigenvalue weighted by atomic mass is 9.96. The van der Waals surface area contributed by atoms with Gasteiger partial charge in [0.05, 0.1) is 45.0 Å². The highest BCUT2D eigenvalue weighted by atomic mass is 16.5. The number of nitrogens with zero attached hydrogens (tertiary/aromatic N) is 1. The van der Waals surface area contributed by atoms with Crippen molar-refractivity contribution in [2.24, 2.45) is 0 Å². The van der Waals surface area contributed by atoms with E-state index in [1.54, 1.807) is 18.1 Å². The Morgan fingerprint density at radius 3 is 2.69 bits per heavy atom. The lowest BCUT2D eigenvalue weighted by Gasteiger charge is -2.30. The van der Waals surface area contributed by atoms with Crippen LogP contribution in [0.25, 0.3) is 0 Å². The normalized spacial score (nSPS) is 21.4. The zero-order valence-corrected chi connectivity index (χ0v) is 15.2. The van der Waals surface area contributed by atoms with E-state index >= 15 is 0 Å². The molecule has 0 aromatic heterocycles. The zero-order valence-electron chi connectivity index (χ0n) is 15.2. The molecule has 1 atom stereocenters. The summed E-state index contributed by atoms with van der Waals surface area (Å²) in [6.07, 6.45) is 0. The van der Waals surface area contributed by atoms with Crippen LogP contribution in [0.5, 0.6) is 5.75 Å². The van der Waals surface area contributed by atoms with Crippen molar-refractivity contribution < 1.29 is 29.1 Å². The van der Waals surface area contributed by atoms with Crippen LogP contribution >= 0.6 is 0 Å². The van der Waals surface area contributed by atoms with Gasteiger partial charge >= 0.3 is 0 Å². The number of Topliss-reactive ketones (excluding diaryl/α,β-unsaturated/α-hetero) is 1. The summed E-state index contributed by atoms with van der Waals surface area (Å²) in [5.41, 5.74) is 0.839. The Balaban J connectivity index is 1.91. The number of morpholine rings is 1. The van der Waals surface area contributed by atoms with Gasteiger partial charge in [-0.15, -0.1) is 0 Å². The second-order valence-electron chi connectivity index (χ2n) is 6.57. The van der Waals surface area contributed by atoms with Crippen LogP contribution in [0.1, 0.15) is 18.5 Å². The van der Waals surface area contributed by atoms with Crippen molar-refractivity contribution in [2.75, 3.05) is 46.5 Å². The third-order valence-corrected chi connectivity index (χ3v) is 5.02. The molecule has 2 aliphatic heterocycles. The molecular formula is C19H25N2O5+. The van der Waals surface area contributed by atoms with Crippen LogP contribution in [0.4, 0.5) is 0 Å². The maximum atomic E-state index is 12.7. The molecule has 0 unspecified atom stereocenters. The number of carbonyl (C=O) groups is 2. The average molecular weight is 361 g/mol. The molecule has 26 heavy (non-hydrogen) atoms. The first-order valence-corrected chi connectivity index (χ1v) is 8.83. The van der Waals surface area contributed by atoms with E-state index in [-0.39, 0.29) is 11.4 Å². The van der Waals surface area contributed by atoms with Crippen molar-refractivity contribution in [3.63, 3.8) is 0 Å². The number of methoxy groups -OCH3 is 1. The largest absolute Gasteiger partial charge is 0.503 e. The lowest BCUT2D eigenvalue weighted by molar-refractivity contribution is -0.907. The molecule has 2 aliphatic rings. The predicted octanol–water partition coefficient (Wildman–Crippen LogP) is -0.105. The first kappa shape index (κ1) is 18.4. The molecular weight excluding hydrogens is 336 g/mol. The third-order valence-electron chi connectivity index (χ3n) is 5.02. The van der Waals surface area contributed by atoms with Crippen molar-refractivity contribution >= 4 is 11.7 Å². The molecule has 1 fully saturated rings. The fourth-order valence-electron chi connectivity index (χ4n) is 3.65. The number of rotatable bonds is 6. The number of hydrogen-bond donors (Lipinski definition) is 2. The Kier molecular flexibility index (Phi) is 5.58. The number of benzene rings is 1. The summed E-state index contributed by atoms with van der Waals surface area (Å²) in [4.78, 5) is 27.8. The number of aliphatic hydroxyl groups is 1. The summed E-state index contributed by atoms with van der Waals surface area (Å²) < 4.78 is 10.8. The van der Waals surface area contributed by atoms with Gasteiger partial charge in [-0.1, -0.05) is 18.2 Å². The van der Waals surface area contributed by atoms with Gasteiger partial charge in [-0.25, -0.2) is 0 Å². The number of aliphatic hydroxyl groups excluding tert-OH is 1. The van der Waals surface area contributed by atoms with Crippen molar-refractivity contribution in [3.8, 4) is 5.75 Å². The lowest BCUT2D eigenvalue weighted by Crippen LogP contribution is -3.14. The van der Waals surface area contributed by atoms with E-state index in [0.717, 1.165) is 19.6 Å². The van der Waals surface area contributed by atoms with E-state index in [9.17, 15) is 14.7 Å². The first-order valence-electron chi connectivity index (χ1n) is 8.83. The van der Waals surface area contributed by atoms with Crippen LogP contribution in [0, 0.1) is 0 Å². The van der Waals surface area contributed by atoms with Crippen molar-refractivity contribution in [1.29, 1.82) is 0 Å². The van der Waals surface area contributed by atoms with Gasteiger partial charge in [0.25, 0.3) is 5.91 Å². The first-order chi connectivity index (χ1) is 12.5. The molecule has 0 bridgehead atoms. The second kappa shape index (κ2) is 7.88. The Labute approximate surface area is 152 Å². The van der Waals surface area contributed by atoms with Gasteiger partial charge in [-0.3, -0.25) is 9.59 Å². The summed E-state index contributed by atoms with van der Waals surface area (Å²) in [5.74, 6) is -0.681. The van der Waals surface area contributed by atoms with E-state index in [0.29, 0.717) is 31.1 Å². The van der Waals surface area contributed by atoms with Gasteiger partial charge in [-0.2, -0.15) is 0 Å². The maximum Gasteiger partial charge on any atom is 0.290 e. The number of nitrogens with one attached hydrogen (secondary N) is 1. The summed E-state index contributed by atoms with van der Waals surface area (Å²) in [6.45, 7) is 5.75. The van der Waals surface area contributed by atoms with Crippen LogP contribution in [0.15, 0.2) is 35.6 Å². The Hall–Kier alpha value is -2.38. The van der Waals surface area contributed by atoms with Crippen LogP contribution in [-0.2, 0) is 14.3 Å². The molecule has 140 valence electrons. The van der Waals surface area contributed by atoms with Gasteiger partial charge < -0.3 is 24.4 Å². The smallest absolute Gasteiger partial charge is 0.290 e. The minimum atomic E-state index is -0.628. The van der Waals surface area contributed by atoms with Crippen LogP contribution < -0.4 is 9.64 Å². The summed E-state index contributed by atoms with van der Waals surface area (Å²) in [6, 6.07) is 6.65. The third kappa shape index (κ3) is 3.45. The number of quaternary nitrogens is 1. The molecule has 0 saturated carbocycles. The van der Waals surface area contributed by atoms with E-state index in [2.05, 4.69) is 0 Å². The highest BCUT2D eigenvalue weighted by Gasteiger charge is 2.43. The SMILES string of the molecule is COc1ccccc1[C@@H]1C(C(C)=O)=C(O)C(=O)N1CC[NH+]1CCOCC1. The molecule has 1 saturated heterocycles. The molecule has 0 aliphatic carbocycles. The molecule has 2 N–H and O–H groups in total. The van der Waals surface area contributed by atoms with E-state index in [1.807, 2.05) is 18.2 Å². The predicted molar refractivity (Wildman–Crippen MR) is 94.2 cm³/mol. The highest BCUT2D eigenvalue weighted by Crippen LogP contribution is 2.40. The van der Waals surface area contributed by atoms with Gasteiger partial charge in [0.15, 0.2) is 11.5 Å². The molecule has 0 spiro atoms. The summed E-state index contributed by atoms with van der Waals surface area (Å²) >= 11 is 0. The fourth-order valence-corrected chi connectivity index (χ4v) is 3.65. The van der Waals surface area contributed by atoms with Crippen molar-refractivity contribution in [3.05, 3.63) is 41.2 Å². The van der Waals surface area contributed by atoms with Gasteiger partial charge in [0, 0.05) is 5.56 Å². The van der Waals surface area contributed by atoms with Crippen LogP contribution in [-0.4, -0.2) is 68.2 Å². The quantitative estimate of drug-likeness (QED) is 0.739. The average Bonchev–Trinajstić information content (AvgIpc) is 2.91. The number of ketones is 1. The zero-order chi connectivity index (χ0) is 18.7. The minimum Gasteiger partial charge on any atom is -0.503 e. The molecule has 7 nitrogen and oxygen atoms in total.